The molecule has 4 rings (SSSR count). The zero-order valence-electron chi connectivity index (χ0n) is 17.2. The van der Waals surface area contributed by atoms with Crippen LogP contribution in [0.3, 0.4) is 0 Å². The van der Waals surface area contributed by atoms with Crippen LogP contribution in [0, 0.1) is 11.8 Å². The standard InChI is InChI=1S/C23H24N2O6/c1-3-25-20(28)17-18(21(25)29)23(22(30)31-2,12-13-4-8-15(26)9-5-13)24-19(17)14-6-10-16(27)11-7-14/h4-11,17-19,24,26-27H,3,12H2,1-2H3/t17-,18-,19+,23+/m0/s1. The summed E-state index contributed by atoms with van der Waals surface area (Å²) in [6, 6.07) is 12.1. The first-order valence-electron chi connectivity index (χ1n) is 10.1. The number of esters is 1. The van der Waals surface area contributed by atoms with Gasteiger partial charge in [-0.25, -0.2) is 0 Å². The maximum atomic E-state index is 13.3. The molecular formula is C23H24N2O6. The molecule has 0 spiro atoms. The molecule has 2 aliphatic heterocycles. The summed E-state index contributed by atoms with van der Waals surface area (Å²) in [5.74, 6) is -2.94. The molecule has 2 heterocycles. The molecule has 0 unspecified atom stereocenters. The van der Waals surface area contributed by atoms with Gasteiger partial charge in [-0.3, -0.25) is 24.6 Å². The molecule has 8 heteroatoms. The number of imide groups is 1. The van der Waals surface area contributed by atoms with E-state index < -0.39 is 35.3 Å². The molecule has 31 heavy (non-hydrogen) atoms. The molecule has 4 atom stereocenters. The first kappa shape index (κ1) is 20.9. The van der Waals surface area contributed by atoms with E-state index >= 15 is 0 Å². The van der Waals surface area contributed by atoms with Gasteiger partial charge in [-0.1, -0.05) is 24.3 Å². The number of benzene rings is 2. The van der Waals surface area contributed by atoms with Gasteiger partial charge in [0.1, 0.15) is 17.0 Å². The number of carbonyl (C=O) groups is 3. The van der Waals surface area contributed by atoms with Crippen molar-refractivity contribution in [2.75, 3.05) is 13.7 Å². The molecule has 2 aliphatic rings. The van der Waals surface area contributed by atoms with Crippen LogP contribution >= 0.6 is 0 Å². The largest absolute Gasteiger partial charge is 0.508 e. The molecule has 0 radical (unpaired) electrons. The van der Waals surface area contributed by atoms with Crippen LogP contribution in [0.1, 0.15) is 24.1 Å². The summed E-state index contributed by atoms with van der Waals surface area (Å²) in [4.78, 5) is 40.9. The van der Waals surface area contributed by atoms with Crippen LogP contribution in [0.15, 0.2) is 48.5 Å². The lowest BCUT2D eigenvalue weighted by atomic mass is 9.76. The van der Waals surface area contributed by atoms with Crippen molar-refractivity contribution in [2.24, 2.45) is 11.8 Å². The van der Waals surface area contributed by atoms with Crippen LogP contribution in [-0.4, -0.2) is 52.1 Å². The summed E-state index contributed by atoms with van der Waals surface area (Å²) < 4.78 is 5.12. The highest BCUT2D eigenvalue weighted by atomic mass is 16.5. The van der Waals surface area contributed by atoms with Gasteiger partial charge < -0.3 is 14.9 Å². The van der Waals surface area contributed by atoms with E-state index in [2.05, 4.69) is 5.32 Å². The monoisotopic (exact) mass is 424 g/mol. The van der Waals surface area contributed by atoms with E-state index in [-0.39, 0.29) is 30.4 Å². The van der Waals surface area contributed by atoms with Gasteiger partial charge >= 0.3 is 5.97 Å². The van der Waals surface area contributed by atoms with Gasteiger partial charge in [0.25, 0.3) is 0 Å². The highest BCUT2D eigenvalue weighted by molar-refractivity contribution is 6.09. The summed E-state index contributed by atoms with van der Waals surface area (Å²) >= 11 is 0. The van der Waals surface area contributed by atoms with Crippen molar-refractivity contribution in [2.45, 2.75) is 24.9 Å². The van der Waals surface area contributed by atoms with Gasteiger partial charge in [-0.2, -0.15) is 0 Å². The van der Waals surface area contributed by atoms with Gasteiger partial charge in [0.2, 0.25) is 11.8 Å². The number of hydrogen-bond acceptors (Lipinski definition) is 7. The van der Waals surface area contributed by atoms with Gasteiger partial charge in [0, 0.05) is 19.0 Å². The van der Waals surface area contributed by atoms with E-state index in [0.717, 1.165) is 0 Å². The minimum absolute atomic E-state index is 0.0747. The molecule has 0 bridgehead atoms. The van der Waals surface area contributed by atoms with Crippen LogP contribution in [0.5, 0.6) is 11.5 Å². The van der Waals surface area contributed by atoms with E-state index in [4.69, 9.17) is 4.74 Å². The zero-order chi connectivity index (χ0) is 22.3. The lowest BCUT2D eigenvalue weighted by molar-refractivity contribution is -0.154. The molecule has 8 nitrogen and oxygen atoms in total. The van der Waals surface area contributed by atoms with E-state index in [1.165, 1.54) is 36.3 Å². The number of carbonyl (C=O) groups excluding carboxylic acids is 3. The molecule has 2 amide bonds. The molecule has 2 fully saturated rings. The average molecular weight is 424 g/mol. The summed E-state index contributed by atoms with van der Waals surface area (Å²) in [6.07, 6.45) is 0.103. The van der Waals surface area contributed by atoms with Crippen molar-refractivity contribution in [3.8, 4) is 11.5 Å². The number of likely N-dealkylation sites (tertiary alicyclic amines) is 1. The molecule has 0 aliphatic carbocycles. The third-order valence-corrected chi connectivity index (χ3v) is 6.28. The second kappa shape index (κ2) is 7.70. The lowest BCUT2D eigenvalue weighted by Crippen LogP contribution is -2.57. The number of hydrogen-bond donors (Lipinski definition) is 3. The average Bonchev–Trinajstić information content (AvgIpc) is 3.24. The van der Waals surface area contributed by atoms with E-state index in [9.17, 15) is 24.6 Å². The third kappa shape index (κ3) is 3.23. The fourth-order valence-electron chi connectivity index (χ4n) is 4.88. The van der Waals surface area contributed by atoms with Crippen molar-refractivity contribution >= 4 is 17.8 Å². The van der Waals surface area contributed by atoms with Crippen LogP contribution in [0.25, 0.3) is 0 Å². The normalized spacial score (nSPS) is 27.4. The maximum absolute atomic E-state index is 13.3. The van der Waals surface area contributed by atoms with E-state index in [0.29, 0.717) is 11.1 Å². The lowest BCUT2D eigenvalue weighted by Gasteiger charge is -2.32. The number of amides is 2. The Hall–Kier alpha value is -3.39. The number of nitrogens with one attached hydrogen (secondary N) is 1. The molecule has 3 N–H and O–H groups in total. The van der Waals surface area contributed by atoms with Crippen molar-refractivity contribution in [3.63, 3.8) is 0 Å². The molecule has 2 aromatic carbocycles. The van der Waals surface area contributed by atoms with Crippen LogP contribution in [0.2, 0.25) is 0 Å². The number of methoxy groups -OCH3 is 1. The third-order valence-electron chi connectivity index (χ3n) is 6.28. The van der Waals surface area contributed by atoms with E-state index in [1.54, 1.807) is 31.2 Å². The SMILES string of the molecule is CCN1C(=O)[C@@H]2[C@@H](c3ccc(O)cc3)N[C@@](Cc3ccc(O)cc3)(C(=O)OC)[C@@H]2C1=O. The zero-order valence-corrected chi connectivity index (χ0v) is 17.2. The highest BCUT2D eigenvalue weighted by Gasteiger charge is 2.68. The number of fused-ring (bicyclic) bond motifs is 1. The first-order chi connectivity index (χ1) is 14.8. The van der Waals surface area contributed by atoms with Crippen LogP contribution < -0.4 is 5.32 Å². The summed E-state index contributed by atoms with van der Waals surface area (Å²) in [5.41, 5.74) is -0.0744. The summed E-state index contributed by atoms with van der Waals surface area (Å²) in [6.45, 7) is 1.93. The first-order valence-corrected chi connectivity index (χ1v) is 10.1. The number of rotatable bonds is 5. The molecule has 2 aromatic rings. The molecule has 0 saturated carbocycles. The fraction of sp³-hybridized carbons (Fsp3) is 0.348. The van der Waals surface area contributed by atoms with Gasteiger partial charge in [0.05, 0.1) is 18.9 Å². The Bertz CT molecular complexity index is 1020. The topological polar surface area (TPSA) is 116 Å². The van der Waals surface area contributed by atoms with Gasteiger partial charge in [-0.15, -0.1) is 0 Å². The van der Waals surface area contributed by atoms with Crippen molar-refractivity contribution in [1.82, 2.24) is 10.2 Å². The molecular weight excluding hydrogens is 400 g/mol. The van der Waals surface area contributed by atoms with Crippen molar-refractivity contribution < 1.29 is 29.3 Å². The minimum atomic E-state index is -1.46. The summed E-state index contributed by atoms with van der Waals surface area (Å²) in [7, 11) is 1.25. The predicted octanol–water partition coefficient (Wildman–Crippen LogP) is 1.52. The predicted molar refractivity (Wildman–Crippen MR) is 110 cm³/mol. The number of ether oxygens (including phenoxy) is 1. The Morgan fingerprint density at radius 3 is 2.16 bits per heavy atom. The highest BCUT2D eigenvalue weighted by Crippen LogP contribution is 2.50. The van der Waals surface area contributed by atoms with E-state index in [1.807, 2.05) is 0 Å². The minimum Gasteiger partial charge on any atom is -0.508 e. The van der Waals surface area contributed by atoms with Crippen molar-refractivity contribution in [3.05, 3.63) is 59.7 Å². The Labute approximate surface area is 179 Å². The Morgan fingerprint density at radius 2 is 1.61 bits per heavy atom. The smallest absolute Gasteiger partial charge is 0.327 e. The Morgan fingerprint density at radius 1 is 1.03 bits per heavy atom. The van der Waals surface area contributed by atoms with Gasteiger partial charge in [-0.05, 0) is 42.3 Å². The maximum Gasteiger partial charge on any atom is 0.327 e. The van der Waals surface area contributed by atoms with Crippen molar-refractivity contribution in [1.29, 1.82) is 0 Å². The number of aromatic hydroxyl groups is 2. The summed E-state index contributed by atoms with van der Waals surface area (Å²) in [5, 5.41) is 22.5. The van der Waals surface area contributed by atoms with Crippen LogP contribution in [0.4, 0.5) is 0 Å². The number of nitrogens with zero attached hydrogens (tertiary/aromatic N) is 1. The fourth-order valence-corrected chi connectivity index (χ4v) is 4.88. The molecule has 2 saturated heterocycles. The number of phenols is 2. The quantitative estimate of drug-likeness (QED) is 0.492. The molecule has 0 aromatic heterocycles. The second-order valence-corrected chi connectivity index (χ2v) is 7.94. The molecule has 162 valence electrons. The van der Waals surface area contributed by atoms with Gasteiger partial charge in [0.15, 0.2) is 0 Å². The number of phenolic OH excluding ortho intramolecular Hbond substituents is 2. The second-order valence-electron chi connectivity index (χ2n) is 7.94. The Kier molecular flexibility index (Phi) is 5.18. The Balaban J connectivity index is 1.85. The van der Waals surface area contributed by atoms with Crippen LogP contribution in [-0.2, 0) is 25.5 Å².